The van der Waals surface area contributed by atoms with Crippen LogP contribution in [0.2, 0.25) is 0 Å². The van der Waals surface area contributed by atoms with Gasteiger partial charge in [-0.3, -0.25) is 9.80 Å². The second-order valence-corrected chi connectivity index (χ2v) is 8.52. The number of piperidine rings is 1. The number of ether oxygens (including phenoxy) is 1. The number of nitrogens with zero attached hydrogens (tertiary/aromatic N) is 5. The molecule has 0 bridgehead atoms. The summed E-state index contributed by atoms with van der Waals surface area (Å²) >= 11 is 1.67. The second kappa shape index (κ2) is 9.65. The largest absolute Gasteiger partial charge is 0.365 e. The maximum atomic E-state index is 5.95. The van der Waals surface area contributed by atoms with Crippen LogP contribution in [0.4, 0.5) is 5.13 Å². The molecule has 0 spiro atoms. The SMILES string of the molecule is Cc1nnc(N2CCC(OCC#CCN3CCN(C(C)C)CC3)CC2)s1. The molecule has 7 heteroatoms. The van der Waals surface area contributed by atoms with E-state index >= 15 is 0 Å². The Hall–Kier alpha value is -1.20. The predicted molar refractivity (Wildman–Crippen MR) is 107 cm³/mol. The van der Waals surface area contributed by atoms with Crippen LogP contribution in [-0.4, -0.2) is 84.6 Å². The molecule has 26 heavy (non-hydrogen) atoms. The Labute approximate surface area is 161 Å². The zero-order chi connectivity index (χ0) is 18.4. The summed E-state index contributed by atoms with van der Waals surface area (Å²) in [6.07, 6.45) is 2.40. The van der Waals surface area contributed by atoms with Crippen LogP contribution in [0, 0.1) is 18.8 Å². The number of hydrogen-bond donors (Lipinski definition) is 0. The molecule has 3 heterocycles. The van der Waals surface area contributed by atoms with Gasteiger partial charge in [-0.25, -0.2) is 0 Å². The van der Waals surface area contributed by atoms with E-state index in [1.54, 1.807) is 11.3 Å². The third-order valence-corrected chi connectivity index (χ3v) is 6.08. The normalized spacial score (nSPS) is 20.4. The Bertz CT molecular complexity index is 607. The van der Waals surface area contributed by atoms with Crippen LogP contribution >= 0.6 is 11.3 Å². The smallest absolute Gasteiger partial charge is 0.208 e. The molecule has 0 aromatic carbocycles. The maximum Gasteiger partial charge on any atom is 0.208 e. The minimum atomic E-state index is 0.323. The zero-order valence-corrected chi connectivity index (χ0v) is 17.1. The summed E-state index contributed by atoms with van der Waals surface area (Å²) < 4.78 is 5.95. The Balaban J connectivity index is 1.29. The molecule has 2 aliphatic rings. The van der Waals surface area contributed by atoms with Crippen molar-refractivity contribution >= 4 is 16.5 Å². The molecule has 2 aliphatic heterocycles. The highest BCUT2D eigenvalue weighted by molar-refractivity contribution is 7.15. The molecule has 1 aromatic rings. The van der Waals surface area contributed by atoms with Gasteiger partial charge < -0.3 is 9.64 Å². The summed E-state index contributed by atoms with van der Waals surface area (Å²) in [5.41, 5.74) is 0. The quantitative estimate of drug-likeness (QED) is 0.730. The minimum Gasteiger partial charge on any atom is -0.365 e. The summed E-state index contributed by atoms with van der Waals surface area (Å²) in [7, 11) is 0. The highest BCUT2D eigenvalue weighted by Gasteiger charge is 2.22. The number of aromatic nitrogens is 2. The molecule has 0 atom stereocenters. The van der Waals surface area contributed by atoms with Crippen LogP contribution in [0.3, 0.4) is 0 Å². The minimum absolute atomic E-state index is 0.323. The van der Waals surface area contributed by atoms with E-state index in [4.69, 9.17) is 4.74 Å². The van der Waals surface area contributed by atoms with E-state index in [9.17, 15) is 0 Å². The Kier molecular flexibility index (Phi) is 7.26. The summed E-state index contributed by atoms with van der Waals surface area (Å²) in [4.78, 5) is 7.28. The lowest BCUT2D eigenvalue weighted by atomic mass is 10.1. The first kappa shape index (κ1) is 19.6. The zero-order valence-electron chi connectivity index (χ0n) is 16.3. The third-order valence-electron chi connectivity index (χ3n) is 5.18. The Morgan fingerprint density at radius 3 is 2.42 bits per heavy atom. The van der Waals surface area contributed by atoms with Gasteiger partial charge in [0.1, 0.15) is 11.6 Å². The average molecular weight is 378 g/mol. The molecule has 0 N–H and O–H groups in total. The van der Waals surface area contributed by atoms with E-state index in [1.165, 1.54) is 0 Å². The molecule has 0 amide bonds. The number of piperazine rings is 1. The Morgan fingerprint density at radius 2 is 1.81 bits per heavy atom. The lowest BCUT2D eigenvalue weighted by molar-refractivity contribution is 0.0594. The molecule has 6 nitrogen and oxygen atoms in total. The van der Waals surface area contributed by atoms with Gasteiger partial charge in [0.05, 0.1) is 12.6 Å². The molecule has 0 saturated carbocycles. The fourth-order valence-electron chi connectivity index (χ4n) is 3.44. The van der Waals surface area contributed by atoms with Crippen molar-refractivity contribution in [3.8, 4) is 11.8 Å². The van der Waals surface area contributed by atoms with E-state index in [1.807, 2.05) is 6.92 Å². The van der Waals surface area contributed by atoms with E-state index in [-0.39, 0.29) is 0 Å². The van der Waals surface area contributed by atoms with Crippen LogP contribution in [0.1, 0.15) is 31.7 Å². The summed E-state index contributed by atoms with van der Waals surface area (Å²) in [5.74, 6) is 6.48. The van der Waals surface area contributed by atoms with Gasteiger partial charge >= 0.3 is 0 Å². The number of rotatable bonds is 5. The maximum absolute atomic E-state index is 5.95. The molecule has 3 rings (SSSR count). The van der Waals surface area contributed by atoms with Gasteiger partial charge in [0.15, 0.2) is 0 Å². The van der Waals surface area contributed by atoms with E-state index in [2.05, 4.69) is 50.6 Å². The predicted octanol–water partition coefficient (Wildman–Crippen LogP) is 1.86. The van der Waals surface area contributed by atoms with Gasteiger partial charge in [0, 0.05) is 45.3 Å². The number of aryl methyl sites for hydroxylation is 1. The van der Waals surface area contributed by atoms with Crippen LogP contribution < -0.4 is 4.90 Å². The average Bonchev–Trinajstić information content (AvgIpc) is 3.09. The first-order chi connectivity index (χ1) is 12.6. The van der Waals surface area contributed by atoms with Crippen molar-refractivity contribution in [3.05, 3.63) is 5.01 Å². The van der Waals surface area contributed by atoms with Crippen LogP contribution in [-0.2, 0) is 4.74 Å². The van der Waals surface area contributed by atoms with Crippen molar-refractivity contribution in [1.29, 1.82) is 0 Å². The van der Waals surface area contributed by atoms with Crippen LogP contribution in [0.15, 0.2) is 0 Å². The van der Waals surface area contributed by atoms with Crippen molar-refractivity contribution in [2.75, 3.05) is 57.3 Å². The molecule has 144 valence electrons. The fraction of sp³-hybridized carbons (Fsp3) is 0.789. The Morgan fingerprint density at radius 1 is 1.08 bits per heavy atom. The summed E-state index contributed by atoms with van der Waals surface area (Å²) in [5, 5.41) is 10.4. The van der Waals surface area contributed by atoms with Gasteiger partial charge in [0.25, 0.3) is 0 Å². The monoisotopic (exact) mass is 377 g/mol. The highest BCUT2D eigenvalue weighted by atomic mass is 32.1. The molecular weight excluding hydrogens is 346 g/mol. The second-order valence-electron chi connectivity index (χ2n) is 7.36. The van der Waals surface area contributed by atoms with Gasteiger partial charge in [-0.1, -0.05) is 23.2 Å². The third kappa shape index (κ3) is 5.65. The van der Waals surface area contributed by atoms with Gasteiger partial charge in [-0.05, 0) is 33.6 Å². The topological polar surface area (TPSA) is 44.7 Å². The number of hydrogen-bond acceptors (Lipinski definition) is 7. The van der Waals surface area contributed by atoms with Crippen LogP contribution in [0.5, 0.6) is 0 Å². The lowest BCUT2D eigenvalue weighted by Gasteiger charge is -2.36. The summed E-state index contributed by atoms with van der Waals surface area (Å²) in [6.45, 7) is 14.5. The van der Waals surface area contributed by atoms with Crippen molar-refractivity contribution < 1.29 is 4.74 Å². The molecule has 0 aliphatic carbocycles. The van der Waals surface area contributed by atoms with Gasteiger partial charge in [-0.2, -0.15) is 0 Å². The molecule has 2 saturated heterocycles. The molecule has 0 unspecified atom stereocenters. The lowest BCUT2D eigenvalue weighted by Crippen LogP contribution is -2.48. The summed E-state index contributed by atoms with van der Waals surface area (Å²) in [6, 6.07) is 0.652. The first-order valence-electron chi connectivity index (χ1n) is 9.70. The molecule has 2 fully saturated rings. The first-order valence-corrected chi connectivity index (χ1v) is 10.5. The van der Waals surface area contributed by atoms with Crippen molar-refractivity contribution in [2.24, 2.45) is 0 Å². The van der Waals surface area contributed by atoms with E-state index in [0.717, 1.165) is 68.8 Å². The standard InChI is InChI=1S/C19H31N5OS/c1-16(2)23-13-11-22(12-14-23)8-4-5-15-25-18-6-9-24(10-7-18)19-21-20-17(3)26-19/h16,18H,6-15H2,1-3H3. The molecule has 0 radical (unpaired) electrons. The van der Waals surface area contributed by atoms with Crippen molar-refractivity contribution in [2.45, 2.75) is 45.8 Å². The number of anilines is 1. The molecule has 1 aromatic heterocycles. The van der Waals surface area contributed by atoms with Crippen molar-refractivity contribution in [1.82, 2.24) is 20.0 Å². The van der Waals surface area contributed by atoms with Gasteiger partial charge in [0.2, 0.25) is 5.13 Å². The highest BCUT2D eigenvalue weighted by Crippen LogP contribution is 2.24. The molecular formula is C19H31N5OS. The van der Waals surface area contributed by atoms with E-state index in [0.29, 0.717) is 18.8 Å². The van der Waals surface area contributed by atoms with Crippen LogP contribution in [0.25, 0.3) is 0 Å². The fourth-order valence-corrected chi connectivity index (χ4v) is 4.18. The van der Waals surface area contributed by atoms with Gasteiger partial charge in [-0.15, -0.1) is 10.2 Å². The van der Waals surface area contributed by atoms with E-state index < -0.39 is 0 Å². The van der Waals surface area contributed by atoms with Crippen molar-refractivity contribution in [3.63, 3.8) is 0 Å².